The summed E-state index contributed by atoms with van der Waals surface area (Å²) in [5, 5.41) is 0. The molecule has 0 aliphatic heterocycles. The molecule has 0 bridgehead atoms. The zero-order valence-electron chi connectivity index (χ0n) is 4.85. The molecular formula is C5H12BS. The Morgan fingerprint density at radius 1 is 1.43 bits per heavy atom. The van der Waals surface area contributed by atoms with Crippen LogP contribution in [0.2, 0.25) is 13.1 Å². The second kappa shape index (κ2) is 6.41. The van der Waals surface area contributed by atoms with Gasteiger partial charge in [-0.3, -0.25) is 0 Å². The van der Waals surface area contributed by atoms with Crippen LogP contribution in [0.15, 0.2) is 0 Å². The standard InChI is InChI=1S/C5H12BS/c1-6-4-2-3-5-7/h7H,2-5H2,1H3. The lowest BCUT2D eigenvalue weighted by Gasteiger charge is -1.89. The van der Waals surface area contributed by atoms with Crippen LogP contribution in [-0.4, -0.2) is 13.0 Å². The van der Waals surface area contributed by atoms with Crippen LogP contribution in [-0.2, 0) is 0 Å². The Labute approximate surface area is 52.3 Å². The van der Waals surface area contributed by atoms with Crippen molar-refractivity contribution in [2.24, 2.45) is 0 Å². The minimum atomic E-state index is 1.04. The van der Waals surface area contributed by atoms with Gasteiger partial charge in [0.25, 0.3) is 0 Å². The Morgan fingerprint density at radius 2 is 2.14 bits per heavy atom. The van der Waals surface area contributed by atoms with Gasteiger partial charge >= 0.3 is 0 Å². The lowest BCUT2D eigenvalue weighted by Crippen LogP contribution is -1.81. The monoisotopic (exact) mass is 115 g/mol. The second-order valence-electron chi connectivity index (χ2n) is 1.63. The summed E-state index contributed by atoms with van der Waals surface area (Å²) in [6.45, 7) is 2.10. The predicted molar refractivity (Wildman–Crippen MR) is 39.5 cm³/mol. The van der Waals surface area contributed by atoms with Crippen LogP contribution in [0.25, 0.3) is 0 Å². The van der Waals surface area contributed by atoms with Crippen LogP contribution >= 0.6 is 12.6 Å². The average molecular weight is 115 g/mol. The average Bonchev–Trinajstić information content (AvgIpc) is 1.69. The van der Waals surface area contributed by atoms with Crippen LogP contribution in [0, 0.1) is 0 Å². The third-order valence-electron chi connectivity index (χ3n) is 0.901. The molecule has 41 valence electrons. The maximum absolute atomic E-state index is 4.08. The van der Waals surface area contributed by atoms with E-state index in [1.165, 1.54) is 19.2 Å². The highest BCUT2D eigenvalue weighted by Crippen LogP contribution is 1.95. The van der Waals surface area contributed by atoms with Crippen molar-refractivity contribution in [3.05, 3.63) is 0 Å². The Bertz CT molecular complexity index is 27.3. The number of hydrogen-bond acceptors (Lipinski definition) is 1. The van der Waals surface area contributed by atoms with Gasteiger partial charge in [-0.25, -0.2) is 0 Å². The molecule has 0 aliphatic carbocycles. The molecule has 0 unspecified atom stereocenters. The summed E-state index contributed by atoms with van der Waals surface area (Å²) >= 11 is 4.08. The first-order valence-electron chi connectivity index (χ1n) is 2.80. The van der Waals surface area contributed by atoms with Crippen LogP contribution < -0.4 is 0 Å². The first kappa shape index (κ1) is 7.41. The van der Waals surface area contributed by atoms with Gasteiger partial charge in [0.2, 0.25) is 0 Å². The molecule has 0 rings (SSSR count). The number of hydrogen-bond donors (Lipinski definition) is 1. The van der Waals surface area contributed by atoms with E-state index in [-0.39, 0.29) is 0 Å². The van der Waals surface area contributed by atoms with Crippen LogP contribution in [0.1, 0.15) is 12.8 Å². The van der Waals surface area contributed by atoms with Crippen LogP contribution in [0.4, 0.5) is 0 Å². The molecule has 0 spiro atoms. The summed E-state index contributed by atoms with van der Waals surface area (Å²) in [4.78, 5) is 0. The number of unbranched alkanes of at least 4 members (excludes halogenated alkanes) is 1. The van der Waals surface area contributed by atoms with E-state index in [2.05, 4.69) is 26.7 Å². The highest BCUT2D eigenvalue weighted by molar-refractivity contribution is 7.80. The van der Waals surface area contributed by atoms with Crippen molar-refractivity contribution in [1.29, 1.82) is 0 Å². The molecule has 0 fully saturated rings. The second-order valence-corrected chi connectivity index (χ2v) is 2.07. The summed E-state index contributed by atoms with van der Waals surface area (Å²) in [6, 6.07) is 0. The largest absolute Gasteiger partial charge is 0.179 e. The molecule has 2 heteroatoms. The summed E-state index contributed by atoms with van der Waals surface area (Å²) in [5.41, 5.74) is 0. The Hall–Kier alpha value is 0.415. The molecule has 0 amide bonds. The van der Waals surface area contributed by atoms with Crippen molar-refractivity contribution in [3.8, 4) is 0 Å². The molecule has 0 aromatic carbocycles. The summed E-state index contributed by atoms with van der Waals surface area (Å²) in [7, 11) is 2.20. The van der Waals surface area contributed by atoms with E-state index in [1.807, 2.05) is 0 Å². The highest BCUT2D eigenvalue weighted by Gasteiger charge is 1.81. The first-order valence-corrected chi connectivity index (χ1v) is 3.43. The van der Waals surface area contributed by atoms with E-state index < -0.39 is 0 Å². The predicted octanol–water partition coefficient (Wildman–Crippen LogP) is 1.87. The molecule has 0 aromatic heterocycles. The van der Waals surface area contributed by atoms with E-state index >= 15 is 0 Å². The number of thiol groups is 1. The van der Waals surface area contributed by atoms with E-state index in [0.717, 1.165) is 5.75 Å². The van der Waals surface area contributed by atoms with Crippen LogP contribution in [0.5, 0.6) is 0 Å². The van der Waals surface area contributed by atoms with E-state index in [4.69, 9.17) is 0 Å². The van der Waals surface area contributed by atoms with Crippen molar-refractivity contribution in [2.75, 3.05) is 5.75 Å². The normalized spacial score (nSPS) is 8.86. The minimum Gasteiger partial charge on any atom is -0.179 e. The van der Waals surface area contributed by atoms with E-state index in [0.29, 0.717) is 0 Å². The SMILES string of the molecule is C[B]CCCCS. The third-order valence-corrected chi connectivity index (χ3v) is 1.22. The molecular weight excluding hydrogens is 103 g/mol. The third kappa shape index (κ3) is 6.41. The topological polar surface area (TPSA) is 0 Å². The van der Waals surface area contributed by atoms with Crippen molar-refractivity contribution in [3.63, 3.8) is 0 Å². The fourth-order valence-electron chi connectivity index (χ4n) is 0.460. The van der Waals surface area contributed by atoms with Gasteiger partial charge in [-0.2, -0.15) is 12.6 Å². The lowest BCUT2D eigenvalue weighted by molar-refractivity contribution is 0.893. The van der Waals surface area contributed by atoms with E-state index in [1.54, 1.807) is 0 Å². The van der Waals surface area contributed by atoms with Gasteiger partial charge in [0.15, 0.2) is 0 Å². The maximum atomic E-state index is 4.08. The number of rotatable bonds is 4. The maximum Gasteiger partial charge on any atom is 0.105 e. The Balaban J connectivity index is 2.45. The molecule has 0 saturated heterocycles. The molecule has 1 radical (unpaired) electrons. The molecule has 0 saturated carbocycles. The molecule has 0 nitrogen and oxygen atoms in total. The van der Waals surface area contributed by atoms with Crippen molar-refractivity contribution in [1.82, 2.24) is 0 Å². The molecule has 0 aliphatic rings. The highest BCUT2D eigenvalue weighted by atomic mass is 32.1. The van der Waals surface area contributed by atoms with Gasteiger partial charge in [-0.15, -0.1) is 0 Å². The fraction of sp³-hybridized carbons (Fsp3) is 1.00. The molecule has 0 aromatic rings. The Kier molecular flexibility index (Phi) is 6.80. The molecule has 0 N–H and O–H groups in total. The Morgan fingerprint density at radius 3 is 2.57 bits per heavy atom. The van der Waals surface area contributed by atoms with Gasteiger partial charge in [0.05, 0.1) is 0 Å². The molecule has 7 heavy (non-hydrogen) atoms. The minimum absolute atomic E-state index is 1.04. The van der Waals surface area contributed by atoms with Gasteiger partial charge < -0.3 is 0 Å². The summed E-state index contributed by atoms with van der Waals surface area (Å²) < 4.78 is 0. The van der Waals surface area contributed by atoms with Crippen LogP contribution in [0.3, 0.4) is 0 Å². The van der Waals surface area contributed by atoms with Crippen molar-refractivity contribution < 1.29 is 0 Å². The first-order chi connectivity index (χ1) is 3.41. The zero-order chi connectivity index (χ0) is 5.54. The zero-order valence-corrected chi connectivity index (χ0v) is 5.75. The van der Waals surface area contributed by atoms with Crippen molar-refractivity contribution >= 4 is 19.9 Å². The van der Waals surface area contributed by atoms with Gasteiger partial charge in [-0.1, -0.05) is 19.6 Å². The van der Waals surface area contributed by atoms with Gasteiger partial charge in [-0.05, 0) is 12.2 Å². The quantitative estimate of drug-likeness (QED) is 0.322. The fourth-order valence-corrected chi connectivity index (χ4v) is 0.684. The summed E-state index contributed by atoms with van der Waals surface area (Å²) in [6.07, 6.45) is 3.81. The lowest BCUT2D eigenvalue weighted by atomic mass is 9.76. The molecule has 0 atom stereocenters. The van der Waals surface area contributed by atoms with Gasteiger partial charge in [0.1, 0.15) is 7.28 Å². The van der Waals surface area contributed by atoms with E-state index in [9.17, 15) is 0 Å². The smallest absolute Gasteiger partial charge is 0.105 e. The molecule has 0 heterocycles. The summed E-state index contributed by atoms with van der Waals surface area (Å²) in [5.74, 6) is 1.04. The van der Waals surface area contributed by atoms with Gasteiger partial charge in [0, 0.05) is 0 Å². The van der Waals surface area contributed by atoms with Crippen molar-refractivity contribution in [2.45, 2.75) is 26.0 Å².